The van der Waals surface area contributed by atoms with Crippen LogP contribution in [-0.4, -0.2) is 9.97 Å². The topological polar surface area (TPSA) is 25.8 Å². The van der Waals surface area contributed by atoms with Crippen molar-refractivity contribution in [2.45, 2.75) is 0 Å². The third kappa shape index (κ3) is 3.59. The lowest BCUT2D eigenvalue weighted by molar-refractivity contribution is 1.37. The van der Waals surface area contributed by atoms with Gasteiger partial charge in [-0.25, -0.2) is 0 Å². The van der Waals surface area contributed by atoms with E-state index >= 15 is 0 Å². The van der Waals surface area contributed by atoms with Gasteiger partial charge in [0.25, 0.3) is 0 Å². The average Bonchev–Trinajstić information content (AvgIpc) is 3.13. The molecule has 0 atom stereocenters. The lowest BCUT2D eigenvalue weighted by Crippen LogP contribution is -1.89. The molecule has 0 N–H and O–H groups in total. The molecule has 0 aliphatic heterocycles. The molecular formula is C44H26N2. The van der Waals surface area contributed by atoms with Crippen LogP contribution in [0.5, 0.6) is 0 Å². The van der Waals surface area contributed by atoms with Crippen LogP contribution in [0, 0.1) is 0 Å². The molecule has 2 heteroatoms. The minimum atomic E-state index is 0.935. The smallest absolute Gasteiger partial charge is 0.0970 e. The highest BCUT2D eigenvalue weighted by Gasteiger charge is 2.15. The molecule has 0 aliphatic carbocycles. The highest BCUT2D eigenvalue weighted by Crippen LogP contribution is 2.43. The molecule has 0 saturated heterocycles. The van der Waals surface area contributed by atoms with Crippen LogP contribution in [0.25, 0.3) is 97.9 Å². The standard InChI is InChI=1S/C44H26N2/c1-2-12-35-33(11-1)34-14-3-8-29-22-23-30-9-4-15-36(41(30)40(29)34)37-16-5-13-32(42(35)37)27-18-20-28(21-19-27)39-26-31-10-6-24-45-43(31)44-38(39)17-7-25-46-44/h1-26H. The lowest BCUT2D eigenvalue weighted by Gasteiger charge is -2.16. The van der Waals surface area contributed by atoms with Crippen LogP contribution in [0.15, 0.2) is 158 Å². The Morgan fingerprint density at radius 1 is 0.304 bits per heavy atom. The predicted octanol–water partition coefficient (Wildman–Crippen LogP) is 11.9. The van der Waals surface area contributed by atoms with Crippen LogP contribution in [0.3, 0.4) is 0 Å². The zero-order valence-corrected chi connectivity index (χ0v) is 24.9. The molecule has 10 rings (SSSR count). The van der Waals surface area contributed by atoms with E-state index in [2.05, 4.69) is 138 Å². The van der Waals surface area contributed by atoms with E-state index in [9.17, 15) is 0 Å². The Morgan fingerprint density at radius 3 is 1.54 bits per heavy atom. The fourth-order valence-corrected chi connectivity index (χ4v) is 7.69. The van der Waals surface area contributed by atoms with Crippen LogP contribution in [0.2, 0.25) is 0 Å². The predicted molar refractivity (Wildman–Crippen MR) is 195 cm³/mol. The molecule has 2 heterocycles. The number of hydrogen-bond acceptors (Lipinski definition) is 2. The fourth-order valence-electron chi connectivity index (χ4n) is 7.69. The normalized spacial score (nSPS) is 11.9. The fraction of sp³-hybridized carbons (Fsp3) is 0. The van der Waals surface area contributed by atoms with Gasteiger partial charge in [-0.3, -0.25) is 9.97 Å². The maximum Gasteiger partial charge on any atom is 0.0970 e. The van der Waals surface area contributed by atoms with Crippen molar-refractivity contribution in [1.82, 2.24) is 9.97 Å². The van der Waals surface area contributed by atoms with E-state index in [0.717, 1.165) is 27.4 Å². The summed E-state index contributed by atoms with van der Waals surface area (Å²) in [5.41, 5.74) is 6.63. The number of pyridine rings is 2. The van der Waals surface area contributed by atoms with Gasteiger partial charge in [0.1, 0.15) is 0 Å². The van der Waals surface area contributed by atoms with Crippen molar-refractivity contribution in [1.29, 1.82) is 0 Å². The van der Waals surface area contributed by atoms with Crippen LogP contribution in [-0.2, 0) is 0 Å². The molecule has 8 aromatic carbocycles. The Morgan fingerprint density at radius 2 is 0.804 bits per heavy atom. The Labute approximate surface area is 265 Å². The van der Waals surface area contributed by atoms with Gasteiger partial charge in [-0.2, -0.15) is 0 Å². The first-order valence-electron chi connectivity index (χ1n) is 15.7. The molecule has 0 fully saturated rings. The summed E-state index contributed by atoms with van der Waals surface area (Å²) < 4.78 is 0. The van der Waals surface area contributed by atoms with E-state index in [-0.39, 0.29) is 0 Å². The Balaban J connectivity index is 1.28. The molecule has 0 spiro atoms. The molecule has 0 unspecified atom stereocenters. The third-order valence-corrected chi connectivity index (χ3v) is 9.69. The van der Waals surface area contributed by atoms with E-state index in [1.807, 2.05) is 24.5 Å². The summed E-state index contributed by atoms with van der Waals surface area (Å²) in [6.45, 7) is 0. The second kappa shape index (κ2) is 9.69. The molecule has 212 valence electrons. The second-order valence-corrected chi connectivity index (χ2v) is 12.1. The molecule has 0 bridgehead atoms. The lowest BCUT2D eigenvalue weighted by atomic mass is 9.87. The number of nitrogens with zero attached hydrogens (tertiary/aromatic N) is 2. The summed E-state index contributed by atoms with van der Waals surface area (Å²) in [7, 11) is 0. The SMILES string of the molecule is c1cnc2c(c1)cc(-c1ccc(-c3cccc4c5cccc6ccc7cccc(c8ccccc8c34)c7c65)cc1)c1cccnc12. The van der Waals surface area contributed by atoms with Gasteiger partial charge < -0.3 is 0 Å². The average molecular weight is 583 g/mol. The van der Waals surface area contributed by atoms with Crippen molar-refractivity contribution in [3.63, 3.8) is 0 Å². The molecule has 0 saturated carbocycles. The first-order chi connectivity index (χ1) is 22.8. The van der Waals surface area contributed by atoms with Gasteiger partial charge in [-0.05, 0) is 94.3 Å². The van der Waals surface area contributed by atoms with E-state index in [1.165, 1.54) is 70.6 Å². The van der Waals surface area contributed by atoms with E-state index < -0.39 is 0 Å². The van der Waals surface area contributed by atoms with Crippen LogP contribution in [0.4, 0.5) is 0 Å². The molecule has 46 heavy (non-hydrogen) atoms. The Kier molecular flexibility index (Phi) is 5.31. The van der Waals surface area contributed by atoms with Crippen molar-refractivity contribution in [3.8, 4) is 22.3 Å². The largest absolute Gasteiger partial charge is 0.254 e. The van der Waals surface area contributed by atoms with Crippen molar-refractivity contribution in [2.24, 2.45) is 0 Å². The van der Waals surface area contributed by atoms with Crippen LogP contribution < -0.4 is 0 Å². The quantitative estimate of drug-likeness (QED) is 0.190. The number of hydrogen-bond donors (Lipinski definition) is 0. The van der Waals surface area contributed by atoms with Gasteiger partial charge in [0.2, 0.25) is 0 Å². The van der Waals surface area contributed by atoms with Crippen molar-refractivity contribution >= 4 is 75.7 Å². The summed E-state index contributed by atoms with van der Waals surface area (Å²) in [5, 5.41) is 15.0. The first-order valence-corrected chi connectivity index (χ1v) is 15.7. The summed E-state index contributed by atoms with van der Waals surface area (Å²) >= 11 is 0. The minimum Gasteiger partial charge on any atom is -0.254 e. The molecule has 2 aromatic heterocycles. The van der Waals surface area contributed by atoms with Gasteiger partial charge in [0, 0.05) is 23.2 Å². The van der Waals surface area contributed by atoms with Gasteiger partial charge in [0.05, 0.1) is 11.0 Å². The summed E-state index contributed by atoms with van der Waals surface area (Å²) in [4.78, 5) is 9.38. The molecule has 0 amide bonds. The third-order valence-electron chi connectivity index (χ3n) is 9.69. The maximum absolute atomic E-state index is 4.73. The highest BCUT2D eigenvalue weighted by molar-refractivity contribution is 6.34. The van der Waals surface area contributed by atoms with Gasteiger partial charge in [0.15, 0.2) is 0 Å². The highest BCUT2D eigenvalue weighted by atomic mass is 14.7. The maximum atomic E-state index is 4.73. The zero-order chi connectivity index (χ0) is 30.2. The van der Waals surface area contributed by atoms with E-state index in [0.29, 0.717) is 0 Å². The van der Waals surface area contributed by atoms with E-state index in [1.54, 1.807) is 0 Å². The van der Waals surface area contributed by atoms with Crippen molar-refractivity contribution in [3.05, 3.63) is 158 Å². The minimum absolute atomic E-state index is 0.935. The van der Waals surface area contributed by atoms with Gasteiger partial charge in [-0.15, -0.1) is 0 Å². The summed E-state index contributed by atoms with van der Waals surface area (Å²) in [5.74, 6) is 0. The molecular weight excluding hydrogens is 556 g/mol. The molecule has 0 aliphatic rings. The summed E-state index contributed by atoms with van der Waals surface area (Å²) in [6, 6.07) is 53.3. The van der Waals surface area contributed by atoms with Crippen molar-refractivity contribution < 1.29 is 0 Å². The Bertz CT molecular complexity index is 2850. The number of aromatic nitrogens is 2. The molecule has 0 radical (unpaired) electrons. The molecule has 2 nitrogen and oxygen atoms in total. The number of fused-ring (bicyclic) bond motifs is 8. The van der Waals surface area contributed by atoms with Crippen molar-refractivity contribution in [2.75, 3.05) is 0 Å². The number of rotatable bonds is 2. The number of benzene rings is 7. The first kappa shape index (κ1) is 25.2. The van der Waals surface area contributed by atoms with Crippen LogP contribution >= 0.6 is 0 Å². The summed E-state index contributed by atoms with van der Waals surface area (Å²) in [6.07, 6.45) is 3.69. The molecule has 10 aromatic rings. The van der Waals surface area contributed by atoms with E-state index in [4.69, 9.17) is 4.98 Å². The Hall–Kier alpha value is -6.12. The van der Waals surface area contributed by atoms with Gasteiger partial charge in [-0.1, -0.05) is 127 Å². The van der Waals surface area contributed by atoms with Gasteiger partial charge >= 0.3 is 0 Å². The van der Waals surface area contributed by atoms with Crippen LogP contribution in [0.1, 0.15) is 0 Å². The second-order valence-electron chi connectivity index (χ2n) is 12.1. The monoisotopic (exact) mass is 582 g/mol. The zero-order valence-electron chi connectivity index (χ0n) is 24.9.